The number of anilines is 1. The van der Waals surface area contributed by atoms with Gasteiger partial charge in [-0.05, 0) is 105 Å². The number of unbranched alkanes of at least 4 members (excludes halogenated alkanes) is 2. The number of likely N-dealkylation sites (N-methyl/N-ethyl adjacent to an activating group) is 1. The third kappa shape index (κ3) is 21.4. The molecule has 3 aliphatic rings. The van der Waals surface area contributed by atoms with Gasteiger partial charge in [-0.3, -0.25) is 57.6 Å². The van der Waals surface area contributed by atoms with E-state index in [4.69, 9.17) is 5.73 Å². The number of amides is 7. The van der Waals surface area contributed by atoms with Crippen LogP contribution in [0.5, 0.6) is 0 Å². The van der Waals surface area contributed by atoms with Gasteiger partial charge in [0.1, 0.15) is 12.3 Å². The highest BCUT2D eigenvalue weighted by Crippen LogP contribution is 2.48. The summed E-state index contributed by atoms with van der Waals surface area (Å²) < 4.78 is 2.39. The van der Waals surface area contributed by atoms with Gasteiger partial charge in [0.25, 0.3) is 0 Å². The number of nitrogens with zero attached hydrogens (tertiary/aromatic N) is 4. The standard InChI is InChI=1S/C74H100N10O14S/c1-13-82-57-26-23-43(2)32-54(57)73(9,10)63(82)20-16-14-17-21-64-74(11,12)55-33-44(3)24-27-58(55)83(64)30-19-15-18-22-65(90)77-29-31-84-66(91)39-62(72(84)98)99-41-51(68(75)94)36-60(88)48(7)79-69(95)45(4)34-59(87)47(6)80-71(97)53(49(8)86)38-61(89)56(37-52-40-76-42-78-52)81-70(96)50(35-46(5)85)25-28-67(92)93/h14,16-17,20-21,23-24,26-27,32-33,40,42,45,47-51,53,56,62,86H,13,15,18-19,22,25,28-31,34-39,41H2,1-12H3,(H7-,75,76,77,78,79,80,81,90,92,93,94,95,96,97)/p+1/t45-,47+,48+,49-,50-,51+,53+,56+,62?/m1/s1. The third-order valence-corrected chi connectivity index (χ3v) is 20.3. The average molecular weight is 1390 g/mol. The molecule has 1 aromatic heterocycles. The molecule has 6 rings (SSSR count). The number of hydrogen-bond donors (Lipinski definition) is 8. The smallest absolute Gasteiger partial charge is 0.303 e. The number of ketones is 4. The highest BCUT2D eigenvalue weighted by molar-refractivity contribution is 8.00. The van der Waals surface area contributed by atoms with E-state index in [9.17, 15) is 67.7 Å². The summed E-state index contributed by atoms with van der Waals surface area (Å²) in [6.45, 7) is 23.8. The molecule has 4 heterocycles. The molecule has 0 spiro atoms. The number of carbonyl (C=O) groups is 12. The van der Waals surface area contributed by atoms with Crippen molar-refractivity contribution in [3.63, 3.8) is 0 Å². The summed E-state index contributed by atoms with van der Waals surface area (Å²) in [6.07, 6.45) is 12.1. The van der Waals surface area contributed by atoms with Crippen molar-refractivity contribution in [1.82, 2.24) is 36.1 Å². The predicted molar refractivity (Wildman–Crippen MR) is 378 cm³/mol. The monoisotopic (exact) mass is 1390 g/mol. The SMILES string of the molecule is CCN1C(=CC=CC=CC2=[N+](CCCCCC(=O)NCCN3C(=O)CC(SC[C@H](CC(=O)[C@H](C)NC(=O)[C@H](C)CC(=O)[C@H](C)NC(=O)[C@@H](CC(=O)[C@H](Cc4cnc[nH]4)NC(=O)[C@H](CCC(=O)O)CC(C)=O)[C@@H](C)O)C(N)=O)C3=O)c3ccc(C)cc3C2(C)C)C(C)(C)c2cc(C)ccc21. The fraction of sp³-hybridized carbons (Fsp3) is 0.541. The summed E-state index contributed by atoms with van der Waals surface area (Å²) in [7, 11) is 0. The lowest BCUT2D eigenvalue weighted by atomic mass is 9.81. The number of aliphatic carboxylic acids is 1. The van der Waals surface area contributed by atoms with Crippen LogP contribution in [0.1, 0.15) is 168 Å². The molecule has 24 nitrogen and oxygen atoms in total. The summed E-state index contributed by atoms with van der Waals surface area (Å²) >= 11 is 1.01. The van der Waals surface area contributed by atoms with Gasteiger partial charge in [-0.15, -0.1) is 11.8 Å². The van der Waals surface area contributed by atoms with Gasteiger partial charge in [-0.1, -0.05) is 68.3 Å². The molecule has 25 heteroatoms. The van der Waals surface area contributed by atoms with Gasteiger partial charge < -0.3 is 51.9 Å². The molecular formula is C74H101N10O14S+. The fourth-order valence-electron chi connectivity index (χ4n) is 12.9. The van der Waals surface area contributed by atoms with E-state index in [1.165, 1.54) is 92.2 Å². The molecular weight excluding hydrogens is 1280 g/mol. The molecule has 7 amide bonds. The van der Waals surface area contributed by atoms with Gasteiger partial charge in [0.2, 0.25) is 47.0 Å². The number of carboxylic acid groups (broad SMARTS) is 1. The first kappa shape index (κ1) is 79.3. The van der Waals surface area contributed by atoms with Crippen LogP contribution in [0.25, 0.3) is 0 Å². The number of rotatable bonds is 40. The zero-order valence-corrected chi connectivity index (χ0v) is 60.1. The second-order valence-electron chi connectivity index (χ2n) is 27.6. The second kappa shape index (κ2) is 35.9. The van der Waals surface area contributed by atoms with Gasteiger partial charge in [0.15, 0.2) is 23.1 Å². The number of primary amides is 1. The number of allylic oxidation sites excluding steroid dienone is 6. The van der Waals surface area contributed by atoms with Crippen molar-refractivity contribution >= 4 is 99.3 Å². The maximum absolute atomic E-state index is 13.8. The topological polar surface area (TPSA) is 358 Å². The molecule has 1 unspecified atom stereocenters. The van der Waals surface area contributed by atoms with E-state index < -0.39 is 138 Å². The number of aromatic amines is 1. The Morgan fingerprint density at radius 1 is 0.778 bits per heavy atom. The lowest BCUT2D eigenvalue weighted by Gasteiger charge is -2.25. The van der Waals surface area contributed by atoms with Crippen molar-refractivity contribution in [3.05, 3.63) is 113 Å². The second-order valence-corrected chi connectivity index (χ2v) is 28.9. The number of carboxylic acids is 1. The number of likely N-dealkylation sites (tertiary alicyclic amines) is 1. The van der Waals surface area contributed by atoms with E-state index in [2.05, 4.69) is 156 Å². The molecule has 0 radical (unpaired) electrons. The number of aromatic nitrogens is 2. The van der Waals surface area contributed by atoms with Crippen LogP contribution in [-0.2, 0) is 74.8 Å². The van der Waals surface area contributed by atoms with Crippen LogP contribution in [0, 0.1) is 37.5 Å². The Hall–Kier alpha value is -8.71. The average Bonchev–Trinajstić information content (AvgIpc) is 1.60. The number of imidazole rings is 1. The van der Waals surface area contributed by atoms with E-state index in [1.807, 2.05) is 0 Å². The maximum Gasteiger partial charge on any atom is 0.303 e. The summed E-state index contributed by atoms with van der Waals surface area (Å²) in [6, 6.07) is 9.62. The number of aliphatic hydroxyl groups is 1. The highest BCUT2D eigenvalue weighted by atomic mass is 32.2. The number of nitrogens with two attached hydrogens (primary N) is 1. The van der Waals surface area contributed by atoms with Crippen LogP contribution in [0.3, 0.4) is 0 Å². The molecule has 3 aromatic rings. The van der Waals surface area contributed by atoms with Gasteiger partial charge in [0, 0.05) is 141 Å². The maximum atomic E-state index is 13.8. The van der Waals surface area contributed by atoms with Gasteiger partial charge in [-0.25, -0.2) is 4.98 Å². The van der Waals surface area contributed by atoms with E-state index in [0.717, 1.165) is 42.6 Å². The largest absolute Gasteiger partial charge is 0.481 e. The third-order valence-electron chi connectivity index (χ3n) is 18.9. The minimum Gasteiger partial charge on any atom is -0.481 e. The molecule has 2 aromatic carbocycles. The number of thioether (sulfide) groups is 1. The van der Waals surface area contributed by atoms with Gasteiger partial charge >= 0.3 is 5.97 Å². The zero-order chi connectivity index (χ0) is 73.2. The van der Waals surface area contributed by atoms with Crippen LogP contribution in [0.2, 0.25) is 0 Å². The lowest BCUT2D eigenvalue weighted by Crippen LogP contribution is -2.49. The number of H-pyrrole nitrogens is 1. The summed E-state index contributed by atoms with van der Waals surface area (Å²) in [4.78, 5) is 167. The van der Waals surface area contributed by atoms with E-state index in [-0.39, 0.29) is 73.5 Å². The first-order chi connectivity index (χ1) is 46.7. The number of imide groups is 1. The highest BCUT2D eigenvalue weighted by Gasteiger charge is 2.45. The van der Waals surface area contributed by atoms with Crippen molar-refractivity contribution < 1.29 is 72.3 Å². The molecule has 0 aliphatic carbocycles. The number of Topliss-reactive ketones (excluding diaryl/α,β-unsaturated/α-hetero) is 4. The van der Waals surface area contributed by atoms with Crippen molar-refractivity contribution in [3.8, 4) is 0 Å². The Labute approximate surface area is 584 Å². The molecule has 3 aliphatic heterocycles. The normalized spacial score (nSPS) is 18.3. The van der Waals surface area contributed by atoms with Crippen LogP contribution in [0.4, 0.5) is 11.4 Å². The Bertz CT molecular complexity index is 3650. The van der Waals surface area contributed by atoms with Crippen LogP contribution < -0.4 is 31.9 Å². The van der Waals surface area contributed by atoms with E-state index in [0.29, 0.717) is 12.1 Å². The number of carbonyl (C=O) groups excluding carboxylic acids is 11. The zero-order valence-electron chi connectivity index (χ0n) is 59.3. The molecule has 1 fully saturated rings. The minimum atomic E-state index is -1.43. The lowest BCUT2D eigenvalue weighted by molar-refractivity contribution is -0.438. The Morgan fingerprint density at radius 2 is 1.44 bits per heavy atom. The van der Waals surface area contributed by atoms with Crippen LogP contribution in [-0.4, -0.2) is 167 Å². The Balaban J connectivity index is 0.915. The number of aliphatic hydroxyl groups excluding tert-OH is 1. The molecule has 99 heavy (non-hydrogen) atoms. The van der Waals surface area contributed by atoms with Crippen LogP contribution in [0.15, 0.2) is 85.0 Å². The molecule has 0 saturated carbocycles. The number of hydrogen-bond acceptors (Lipinski definition) is 16. The van der Waals surface area contributed by atoms with Gasteiger partial charge in [0.05, 0.1) is 53.1 Å². The van der Waals surface area contributed by atoms with E-state index in [1.54, 1.807) is 0 Å². The Kier molecular flexibility index (Phi) is 28.7. The number of benzene rings is 2. The molecule has 536 valence electrons. The van der Waals surface area contributed by atoms with E-state index >= 15 is 0 Å². The number of nitrogens with one attached hydrogen (secondary N) is 5. The minimum absolute atomic E-state index is 0.0458. The summed E-state index contributed by atoms with van der Waals surface area (Å²) in [5.74, 6) is -12.4. The molecule has 9 N–H and O–H groups in total. The van der Waals surface area contributed by atoms with Crippen molar-refractivity contribution in [2.75, 3.05) is 36.8 Å². The predicted octanol–water partition coefficient (Wildman–Crippen LogP) is 6.56. The van der Waals surface area contributed by atoms with Crippen molar-refractivity contribution in [1.29, 1.82) is 0 Å². The molecule has 9 atom stereocenters. The first-order valence-corrected chi connectivity index (χ1v) is 35.3. The fourth-order valence-corrected chi connectivity index (χ4v) is 14.2. The summed E-state index contributed by atoms with van der Waals surface area (Å²) in [5, 5.41) is 29.5. The molecule has 0 bridgehead atoms. The van der Waals surface area contributed by atoms with Crippen LogP contribution >= 0.6 is 11.8 Å². The quantitative estimate of drug-likeness (QED) is 0.0129. The van der Waals surface area contributed by atoms with Crippen molar-refractivity contribution in [2.45, 2.75) is 200 Å². The van der Waals surface area contributed by atoms with Gasteiger partial charge in [-0.2, -0.15) is 4.58 Å². The molecule has 1 saturated heterocycles. The summed E-state index contributed by atoms with van der Waals surface area (Å²) in [5.41, 5.74) is 15.7. The first-order valence-electron chi connectivity index (χ1n) is 34.2. The van der Waals surface area contributed by atoms with Crippen molar-refractivity contribution in [2.24, 2.45) is 29.4 Å². The Morgan fingerprint density at radius 3 is 2.08 bits per heavy atom. The number of aryl methyl sites for hydroxylation is 2. The number of fused-ring (bicyclic) bond motifs is 2.